The minimum absolute atomic E-state index is 0.103. The zero-order valence-electron chi connectivity index (χ0n) is 14.3. The third kappa shape index (κ3) is 3.42. The van der Waals surface area contributed by atoms with Crippen LogP contribution in [0.5, 0.6) is 0 Å². The molecule has 28 heavy (non-hydrogen) atoms. The van der Waals surface area contributed by atoms with Crippen LogP contribution >= 0.6 is 0 Å². The highest BCUT2D eigenvalue weighted by molar-refractivity contribution is 6.02. The summed E-state index contributed by atoms with van der Waals surface area (Å²) in [6.45, 7) is -1.13. The van der Waals surface area contributed by atoms with Gasteiger partial charge in [0.25, 0.3) is 5.91 Å². The van der Waals surface area contributed by atoms with Crippen LogP contribution in [0.15, 0.2) is 47.1 Å². The number of aromatic nitrogens is 1. The van der Waals surface area contributed by atoms with Crippen LogP contribution in [0.1, 0.15) is 32.0 Å². The maximum Gasteiger partial charge on any atom is 0.422 e. The van der Waals surface area contributed by atoms with Crippen molar-refractivity contribution in [3.05, 3.63) is 65.2 Å². The molecule has 0 saturated heterocycles. The molecule has 0 radical (unpaired) electrons. The topological polar surface area (TPSA) is 72.6 Å². The monoisotopic (exact) mass is 390 g/mol. The van der Waals surface area contributed by atoms with Crippen molar-refractivity contribution in [3.63, 3.8) is 0 Å². The first-order chi connectivity index (χ1) is 13.3. The number of hydrogen-bond acceptors (Lipinski definition) is 5. The molecule has 0 atom stereocenters. The van der Waals surface area contributed by atoms with Crippen LogP contribution in [0.3, 0.4) is 0 Å². The summed E-state index contributed by atoms with van der Waals surface area (Å²) >= 11 is 0. The van der Waals surface area contributed by atoms with E-state index in [1.54, 1.807) is 29.3 Å². The van der Waals surface area contributed by atoms with E-state index in [0.717, 1.165) is 5.56 Å². The highest BCUT2D eigenvalue weighted by Gasteiger charge is 2.31. The van der Waals surface area contributed by atoms with E-state index in [2.05, 4.69) is 9.72 Å². The van der Waals surface area contributed by atoms with Gasteiger partial charge in [-0.25, -0.2) is 4.79 Å². The molecule has 6 nitrogen and oxygen atoms in total. The Labute approximate surface area is 156 Å². The Kier molecular flexibility index (Phi) is 4.29. The molecular formula is C19H13F3N2O4. The number of ether oxygens (including phenoxy) is 1. The van der Waals surface area contributed by atoms with Gasteiger partial charge in [-0.3, -0.25) is 9.78 Å². The fourth-order valence-corrected chi connectivity index (χ4v) is 3.10. The van der Waals surface area contributed by atoms with Gasteiger partial charge in [-0.1, -0.05) is 12.1 Å². The second-order valence-electron chi connectivity index (χ2n) is 6.32. The van der Waals surface area contributed by atoms with E-state index in [-0.39, 0.29) is 23.6 Å². The molecule has 1 aliphatic rings. The predicted molar refractivity (Wildman–Crippen MR) is 90.4 cm³/mol. The molecule has 0 spiro atoms. The molecule has 1 amide bonds. The quantitative estimate of drug-likeness (QED) is 0.635. The number of fused-ring (bicyclic) bond motifs is 2. The van der Waals surface area contributed by atoms with E-state index in [9.17, 15) is 22.8 Å². The summed E-state index contributed by atoms with van der Waals surface area (Å²) in [6.07, 6.45) is -1.50. The molecule has 2 aromatic heterocycles. The molecule has 4 rings (SSSR count). The largest absolute Gasteiger partial charge is 0.458 e. The summed E-state index contributed by atoms with van der Waals surface area (Å²) in [5.41, 5.74) is 1.39. The average molecular weight is 390 g/mol. The number of carbonyl (C=O) groups is 2. The summed E-state index contributed by atoms with van der Waals surface area (Å²) < 4.78 is 46.8. The van der Waals surface area contributed by atoms with Gasteiger partial charge in [0.05, 0.1) is 12.1 Å². The van der Waals surface area contributed by atoms with E-state index in [1.807, 2.05) is 0 Å². The molecule has 3 heterocycles. The van der Waals surface area contributed by atoms with E-state index in [0.29, 0.717) is 23.3 Å². The van der Waals surface area contributed by atoms with Crippen LogP contribution in [-0.4, -0.2) is 34.5 Å². The molecule has 1 aromatic carbocycles. The number of amides is 1. The van der Waals surface area contributed by atoms with Crippen LogP contribution in [-0.2, 0) is 17.8 Å². The third-order valence-electron chi connectivity index (χ3n) is 4.32. The van der Waals surface area contributed by atoms with Crippen LogP contribution in [0, 0.1) is 0 Å². The Balaban J connectivity index is 1.56. The van der Waals surface area contributed by atoms with Crippen molar-refractivity contribution in [2.24, 2.45) is 0 Å². The van der Waals surface area contributed by atoms with E-state index in [4.69, 9.17) is 4.42 Å². The zero-order valence-corrected chi connectivity index (χ0v) is 14.3. The summed E-state index contributed by atoms with van der Waals surface area (Å²) in [4.78, 5) is 29.9. The molecule has 0 bridgehead atoms. The van der Waals surface area contributed by atoms with Gasteiger partial charge >= 0.3 is 12.1 Å². The Morgan fingerprint density at radius 2 is 2.11 bits per heavy atom. The van der Waals surface area contributed by atoms with Crippen LogP contribution < -0.4 is 0 Å². The summed E-state index contributed by atoms with van der Waals surface area (Å²) in [5.74, 6) is -0.909. The van der Waals surface area contributed by atoms with Crippen molar-refractivity contribution in [1.29, 1.82) is 0 Å². The van der Waals surface area contributed by atoms with Gasteiger partial charge in [0.1, 0.15) is 16.9 Å². The van der Waals surface area contributed by atoms with Gasteiger partial charge in [-0.15, -0.1) is 0 Å². The second-order valence-corrected chi connectivity index (χ2v) is 6.32. The number of benzene rings is 1. The van der Waals surface area contributed by atoms with E-state index in [1.165, 1.54) is 18.3 Å². The van der Waals surface area contributed by atoms with Crippen molar-refractivity contribution in [2.45, 2.75) is 19.3 Å². The molecule has 0 saturated carbocycles. The molecule has 0 unspecified atom stereocenters. The maximum absolute atomic E-state index is 12.4. The number of esters is 1. The molecule has 0 fully saturated rings. The fraction of sp³-hybridized carbons (Fsp3) is 0.211. The second kappa shape index (κ2) is 6.66. The van der Waals surface area contributed by atoms with Crippen LogP contribution in [0.4, 0.5) is 13.2 Å². The molecule has 144 valence electrons. The number of rotatable bonds is 4. The molecule has 3 aromatic rings. The van der Waals surface area contributed by atoms with Gasteiger partial charge in [0.2, 0.25) is 0 Å². The van der Waals surface area contributed by atoms with E-state index >= 15 is 0 Å². The summed E-state index contributed by atoms with van der Waals surface area (Å²) in [7, 11) is 0. The Bertz CT molecular complexity index is 1070. The van der Waals surface area contributed by atoms with Gasteiger partial charge in [-0.05, 0) is 23.8 Å². The first kappa shape index (κ1) is 18.0. The number of hydrogen-bond donors (Lipinski definition) is 0. The molecule has 0 N–H and O–H groups in total. The smallest absolute Gasteiger partial charge is 0.422 e. The number of nitrogens with zero attached hydrogens (tertiary/aromatic N) is 2. The van der Waals surface area contributed by atoms with Crippen molar-refractivity contribution in [2.75, 3.05) is 6.61 Å². The number of para-hydroxylation sites is 1. The van der Waals surface area contributed by atoms with Crippen LogP contribution in [0.25, 0.3) is 11.0 Å². The standard InChI is InChI=1S/C19H13F3N2O4/c20-19(21,22)10-27-18(26)14-3-1-2-11-6-13(28-16(11)14)9-24-8-12-4-5-23-7-15(12)17(24)25/h1-7H,8-10H2. The van der Waals surface area contributed by atoms with Crippen molar-refractivity contribution in [1.82, 2.24) is 9.88 Å². The highest BCUT2D eigenvalue weighted by Crippen LogP contribution is 2.28. The third-order valence-corrected chi connectivity index (χ3v) is 4.32. The number of furan rings is 1. The van der Waals surface area contributed by atoms with E-state index < -0.39 is 18.8 Å². The summed E-state index contributed by atoms with van der Waals surface area (Å²) in [6, 6.07) is 7.92. The van der Waals surface area contributed by atoms with Gasteiger partial charge in [-0.2, -0.15) is 13.2 Å². The number of pyridine rings is 1. The highest BCUT2D eigenvalue weighted by atomic mass is 19.4. The minimum atomic E-state index is -4.61. The lowest BCUT2D eigenvalue weighted by Crippen LogP contribution is -2.22. The molecule has 9 heteroatoms. The lowest BCUT2D eigenvalue weighted by Gasteiger charge is -2.13. The number of alkyl halides is 3. The van der Waals surface area contributed by atoms with Crippen molar-refractivity contribution < 1.29 is 31.9 Å². The minimum Gasteiger partial charge on any atom is -0.458 e. The first-order valence-corrected chi connectivity index (χ1v) is 8.29. The average Bonchev–Trinajstić information content (AvgIpc) is 3.20. The lowest BCUT2D eigenvalue weighted by molar-refractivity contribution is -0.161. The van der Waals surface area contributed by atoms with Crippen molar-refractivity contribution in [3.8, 4) is 0 Å². The summed E-state index contributed by atoms with van der Waals surface area (Å²) in [5, 5.41) is 0.530. The van der Waals surface area contributed by atoms with Crippen LogP contribution in [0.2, 0.25) is 0 Å². The lowest BCUT2D eigenvalue weighted by atomic mass is 10.1. The van der Waals surface area contributed by atoms with Crippen molar-refractivity contribution >= 4 is 22.8 Å². The van der Waals surface area contributed by atoms with Gasteiger partial charge in [0, 0.05) is 24.3 Å². The molecule has 0 aliphatic carbocycles. The molecule has 1 aliphatic heterocycles. The first-order valence-electron chi connectivity index (χ1n) is 8.29. The zero-order chi connectivity index (χ0) is 19.9. The SMILES string of the molecule is O=C(OCC(F)(F)F)c1cccc2cc(CN3Cc4ccncc4C3=O)oc12. The fourth-order valence-electron chi connectivity index (χ4n) is 3.10. The Morgan fingerprint density at radius 3 is 2.86 bits per heavy atom. The molecular weight excluding hydrogens is 377 g/mol. The number of carbonyl (C=O) groups excluding carboxylic acids is 2. The van der Waals surface area contributed by atoms with Gasteiger partial charge in [0.15, 0.2) is 6.61 Å². The maximum atomic E-state index is 12.4. The Hall–Kier alpha value is -3.36. The normalized spacial score (nSPS) is 13.8. The predicted octanol–water partition coefficient (Wildman–Crippen LogP) is 3.70. The van der Waals surface area contributed by atoms with Gasteiger partial charge < -0.3 is 14.1 Å². The Morgan fingerprint density at radius 1 is 1.29 bits per heavy atom. The number of halogens is 3.